The van der Waals surface area contributed by atoms with Gasteiger partial charge < -0.3 is 10.4 Å². The van der Waals surface area contributed by atoms with Gasteiger partial charge in [0.05, 0.1) is 11.3 Å². The monoisotopic (exact) mass is 327 g/mol. The summed E-state index contributed by atoms with van der Waals surface area (Å²) in [6.45, 7) is 0.508. The Kier molecular flexibility index (Phi) is 5.14. The molecule has 3 rings (SSSR count). The van der Waals surface area contributed by atoms with E-state index in [9.17, 15) is 9.18 Å². The minimum Gasteiger partial charge on any atom is -0.478 e. The van der Waals surface area contributed by atoms with E-state index in [1.807, 2.05) is 0 Å². The van der Waals surface area contributed by atoms with Crippen LogP contribution in [0.5, 0.6) is 0 Å². The lowest BCUT2D eigenvalue weighted by molar-refractivity contribution is 0.0696. The quantitative estimate of drug-likeness (QED) is 0.795. The molecule has 0 bridgehead atoms. The lowest BCUT2D eigenvalue weighted by atomic mass is 9.84. The number of hydrogen-bond acceptors (Lipinski definition) is 2. The first-order chi connectivity index (χ1) is 11.6. The van der Waals surface area contributed by atoms with Gasteiger partial charge in [-0.3, -0.25) is 0 Å². The minimum atomic E-state index is -1.13. The van der Waals surface area contributed by atoms with Gasteiger partial charge in [0, 0.05) is 6.54 Å². The van der Waals surface area contributed by atoms with Crippen LogP contribution >= 0.6 is 0 Å². The smallest absolute Gasteiger partial charge is 0.335 e. The molecule has 4 heteroatoms. The molecule has 1 fully saturated rings. The Morgan fingerprint density at radius 3 is 2.42 bits per heavy atom. The largest absolute Gasteiger partial charge is 0.478 e. The van der Waals surface area contributed by atoms with Crippen LogP contribution in [0.3, 0.4) is 0 Å². The SMILES string of the molecule is O=C(O)c1ccc(NCc2ccc(C3CCCCC3)cc2)c(F)c1. The molecule has 2 aromatic carbocycles. The van der Waals surface area contributed by atoms with Crippen molar-refractivity contribution in [2.45, 2.75) is 44.6 Å². The van der Waals surface area contributed by atoms with E-state index < -0.39 is 11.8 Å². The maximum Gasteiger partial charge on any atom is 0.335 e. The first-order valence-electron chi connectivity index (χ1n) is 8.49. The van der Waals surface area contributed by atoms with Gasteiger partial charge in [0.1, 0.15) is 5.82 Å². The van der Waals surface area contributed by atoms with Gasteiger partial charge in [0.15, 0.2) is 0 Å². The molecule has 0 heterocycles. The second-order valence-electron chi connectivity index (χ2n) is 6.43. The molecule has 1 aliphatic carbocycles. The zero-order valence-corrected chi connectivity index (χ0v) is 13.6. The zero-order valence-electron chi connectivity index (χ0n) is 13.6. The number of carboxylic acid groups (broad SMARTS) is 1. The number of carboxylic acids is 1. The lowest BCUT2D eigenvalue weighted by Gasteiger charge is -2.22. The van der Waals surface area contributed by atoms with Crippen molar-refractivity contribution in [3.8, 4) is 0 Å². The molecule has 0 unspecified atom stereocenters. The number of anilines is 1. The Balaban J connectivity index is 1.61. The highest BCUT2D eigenvalue weighted by atomic mass is 19.1. The van der Waals surface area contributed by atoms with Crippen molar-refractivity contribution in [2.24, 2.45) is 0 Å². The van der Waals surface area contributed by atoms with E-state index in [-0.39, 0.29) is 5.56 Å². The molecule has 0 radical (unpaired) electrons. The van der Waals surface area contributed by atoms with E-state index in [0.717, 1.165) is 11.6 Å². The van der Waals surface area contributed by atoms with Crippen molar-refractivity contribution >= 4 is 11.7 Å². The summed E-state index contributed by atoms with van der Waals surface area (Å²) in [5.74, 6) is -0.991. The number of hydrogen-bond donors (Lipinski definition) is 2. The molecule has 0 saturated heterocycles. The molecule has 3 nitrogen and oxygen atoms in total. The highest BCUT2D eigenvalue weighted by Gasteiger charge is 2.15. The van der Waals surface area contributed by atoms with Crippen LogP contribution in [0.1, 0.15) is 59.5 Å². The third-order valence-corrected chi connectivity index (χ3v) is 4.76. The number of rotatable bonds is 5. The number of halogens is 1. The number of carbonyl (C=O) groups is 1. The van der Waals surface area contributed by atoms with Crippen LogP contribution in [-0.4, -0.2) is 11.1 Å². The van der Waals surface area contributed by atoms with Crippen molar-refractivity contribution in [3.05, 3.63) is 65.0 Å². The normalized spacial score (nSPS) is 15.2. The van der Waals surface area contributed by atoms with Gasteiger partial charge in [-0.15, -0.1) is 0 Å². The second-order valence-corrected chi connectivity index (χ2v) is 6.43. The topological polar surface area (TPSA) is 49.3 Å². The van der Waals surface area contributed by atoms with Gasteiger partial charge in [-0.05, 0) is 48.1 Å². The van der Waals surface area contributed by atoms with Crippen LogP contribution < -0.4 is 5.32 Å². The first-order valence-corrected chi connectivity index (χ1v) is 8.49. The van der Waals surface area contributed by atoms with Crippen molar-refractivity contribution in [2.75, 3.05) is 5.32 Å². The highest BCUT2D eigenvalue weighted by molar-refractivity contribution is 5.88. The van der Waals surface area contributed by atoms with Gasteiger partial charge in [0.2, 0.25) is 0 Å². The van der Waals surface area contributed by atoms with Gasteiger partial charge in [-0.25, -0.2) is 9.18 Å². The van der Waals surface area contributed by atoms with E-state index in [1.54, 1.807) is 0 Å². The van der Waals surface area contributed by atoms with Gasteiger partial charge in [-0.1, -0.05) is 43.5 Å². The molecule has 0 spiro atoms. The molecular formula is C20H22FNO2. The zero-order chi connectivity index (χ0) is 16.9. The Labute approximate surface area is 141 Å². The lowest BCUT2D eigenvalue weighted by Crippen LogP contribution is -2.06. The second kappa shape index (κ2) is 7.47. The number of nitrogens with one attached hydrogen (secondary N) is 1. The first kappa shape index (κ1) is 16.5. The third-order valence-electron chi connectivity index (χ3n) is 4.76. The molecule has 0 amide bonds. The molecule has 0 atom stereocenters. The van der Waals surface area contributed by atoms with Crippen LogP contribution in [0.4, 0.5) is 10.1 Å². The van der Waals surface area contributed by atoms with Gasteiger partial charge in [-0.2, -0.15) is 0 Å². The standard InChI is InChI=1S/C20H22FNO2/c21-18-12-17(20(23)24)10-11-19(18)22-13-14-6-8-16(9-7-14)15-4-2-1-3-5-15/h6-12,15,22H,1-5,13H2,(H,23,24). The number of aromatic carboxylic acids is 1. The van der Waals surface area contributed by atoms with Gasteiger partial charge in [0.25, 0.3) is 0 Å². The number of benzene rings is 2. The molecule has 0 aromatic heterocycles. The molecule has 24 heavy (non-hydrogen) atoms. The van der Waals surface area contributed by atoms with Crippen LogP contribution in [0, 0.1) is 5.82 Å². The maximum atomic E-state index is 13.9. The van der Waals surface area contributed by atoms with E-state index in [0.29, 0.717) is 18.2 Å². The summed E-state index contributed by atoms with van der Waals surface area (Å²) in [4.78, 5) is 10.8. The minimum absolute atomic E-state index is 0.0464. The van der Waals surface area contributed by atoms with E-state index in [1.165, 1.54) is 49.8 Å². The fraction of sp³-hybridized carbons (Fsp3) is 0.350. The van der Waals surface area contributed by atoms with Crippen LogP contribution in [-0.2, 0) is 6.54 Å². The summed E-state index contributed by atoms with van der Waals surface area (Å²) in [7, 11) is 0. The molecular weight excluding hydrogens is 305 g/mol. The summed E-state index contributed by atoms with van der Waals surface area (Å²) in [5, 5.41) is 11.9. The Morgan fingerprint density at radius 2 is 1.79 bits per heavy atom. The van der Waals surface area contributed by atoms with Gasteiger partial charge >= 0.3 is 5.97 Å². The third kappa shape index (κ3) is 3.94. The van der Waals surface area contributed by atoms with Crippen molar-refractivity contribution in [3.63, 3.8) is 0 Å². The molecule has 126 valence electrons. The van der Waals surface area contributed by atoms with Crippen LogP contribution in [0.2, 0.25) is 0 Å². The van der Waals surface area contributed by atoms with Crippen molar-refractivity contribution < 1.29 is 14.3 Å². The average molecular weight is 327 g/mol. The van der Waals surface area contributed by atoms with E-state index in [4.69, 9.17) is 5.11 Å². The highest BCUT2D eigenvalue weighted by Crippen LogP contribution is 2.32. The molecule has 0 aliphatic heterocycles. The Morgan fingerprint density at radius 1 is 1.08 bits per heavy atom. The fourth-order valence-corrected chi connectivity index (χ4v) is 3.33. The average Bonchev–Trinajstić information content (AvgIpc) is 2.62. The van der Waals surface area contributed by atoms with Crippen LogP contribution in [0.15, 0.2) is 42.5 Å². The van der Waals surface area contributed by atoms with Crippen molar-refractivity contribution in [1.29, 1.82) is 0 Å². The predicted molar refractivity (Wildman–Crippen MR) is 93.0 cm³/mol. The molecule has 2 N–H and O–H groups in total. The van der Waals surface area contributed by atoms with Crippen molar-refractivity contribution in [1.82, 2.24) is 0 Å². The fourth-order valence-electron chi connectivity index (χ4n) is 3.33. The summed E-state index contributed by atoms with van der Waals surface area (Å²) >= 11 is 0. The Hall–Kier alpha value is -2.36. The van der Waals surface area contributed by atoms with E-state index >= 15 is 0 Å². The molecule has 1 saturated carbocycles. The summed E-state index contributed by atoms with van der Waals surface area (Å²) in [6, 6.07) is 12.4. The van der Waals surface area contributed by atoms with E-state index in [2.05, 4.69) is 29.6 Å². The summed E-state index contributed by atoms with van der Waals surface area (Å²) in [6.07, 6.45) is 6.54. The predicted octanol–water partition coefficient (Wildman–Crippen LogP) is 5.18. The van der Waals surface area contributed by atoms with Crippen LogP contribution in [0.25, 0.3) is 0 Å². The molecule has 2 aromatic rings. The molecule has 1 aliphatic rings. The summed E-state index contributed by atoms with van der Waals surface area (Å²) in [5.41, 5.74) is 2.75. The maximum absolute atomic E-state index is 13.9. The Bertz CT molecular complexity index is 706. The summed E-state index contributed by atoms with van der Waals surface area (Å²) < 4.78 is 13.9.